The molecule has 0 spiro atoms. The molecule has 0 nitrogen and oxygen atoms in total. The van der Waals surface area contributed by atoms with Crippen LogP contribution in [0, 0.1) is 0 Å². The fraction of sp³-hybridized carbons (Fsp3) is 0.467. The smallest absolute Gasteiger partial charge is 0.0690 e. The largest absolute Gasteiger partial charge is 0.0913 e. The van der Waals surface area contributed by atoms with Crippen LogP contribution in [0.1, 0.15) is 31.7 Å². The fourth-order valence-corrected chi connectivity index (χ4v) is 3.20. The van der Waals surface area contributed by atoms with Crippen molar-refractivity contribution < 1.29 is 0 Å². The van der Waals surface area contributed by atoms with Crippen LogP contribution in [0.4, 0.5) is 0 Å². The van der Waals surface area contributed by atoms with Gasteiger partial charge in [-0.25, -0.2) is 0 Å². The van der Waals surface area contributed by atoms with Gasteiger partial charge in [0.25, 0.3) is 0 Å². The third kappa shape index (κ3) is 4.80. The average Bonchev–Trinajstić information content (AvgIpc) is 2.24. The average molecular weight is 232 g/mol. The third-order valence-corrected chi connectivity index (χ3v) is 3.77. The van der Waals surface area contributed by atoms with Gasteiger partial charge in [-0.05, 0) is 24.0 Å². The Kier molecular flexibility index (Phi) is 5.00. The number of unbranched alkanes of at least 4 members (excludes halogenated alkanes) is 1. The standard InChI is InChI=1S/C15H24Si/c1-5-6-10-15(13-16(2,3)4)14-11-8-7-9-12-14/h7-9,11-13H,5-6,10H2,1-4H3/b15-13-. The highest BCUT2D eigenvalue weighted by Gasteiger charge is 2.11. The van der Waals surface area contributed by atoms with E-state index in [2.05, 4.69) is 62.6 Å². The lowest BCUT2D eigenvalue weighted by molar-refractivity contribution is 0.824. The highest BCUT2D eigenvalue weighted by Crippen LogP contribution is 2.23. The summed E-state index contributed by atoms with van der Waals surface area (Å²) in [5.41, 5.74) is 5.53. The van der Waals surface area contributed by atoms with Crippen LogP contribution in [0.25, 0.3) is 5.57 Å². The van der Waals surface area contributed by atoms with Gasteiger partial charge in [0.2, 0.25) is 0 Å². The fourth-order valence-electron chi connectivity index (χ4n) is 1.84. The van der Waals surface area contributed by atoms with Crippen LogP contribution >= 0.6 is 0 Å². The summed E-state index contributed by atoms with van der Waals surface area (Å²) in [7, 11) is -1.12. The van der Waals surface area contributed by atoms with E-state index < -0.39 is 8.07 Å². The van der Waals surface area contributed by atoms with Crippen LogP contribution in [0.15, 0.2) is 36.0 Å². The summed E-state index contributed by atoms with van der Waals surface area (Å²) in [5, 5.41) is 0. The van der Waals surface area contributed by atoms with Gasteiger partial charge in [0.15, 0.2) is 0 Å². The van der Waals surface area contributed by atoms with Crippen molar-refractivity contribution in [2.45, 2.75) is 45.8 Å². The molecule has 0 atom stereocenters. The van der Waals surface area contributed by atoms with E-state index in [0.29, 0.717) is 0 Å². The van der Waals surface area contributed by atoms with Crippen LogP contribution in [0.5, 0.6) is 0 Å². The predicted molar refractivity (Wildman–Crippen MR) is 77.3 cm³/mol. The predicted octanol–water partition coefficient (Wildman–Crippen LogP) is 5.14. The maximum absolute atomic E-state index is 2.55. The molecule has 16 heavy (non-hydrogen) atoms. The molecule has 1 heteroatoms. The SMILES string of the molecule is CCCC/C(=C/[Si](C)(C)C)c1ccccc1. The van der Waals surface area contributed by atoms with Crippen LogP contribution in [0.2, 0.25) is 19.6 Å². The number of rotatable bonds is 5. The zero-order valence-corrected chi connectivity index (χ0v) is 12.1. The third-order valence-electron chi connectivity index (χ3n) is 2.55. The van der Waals surface area contributed by atoms with E-state index in [4.69, 9.17) is 0 Å². The second-order valence-corrected chi connectivity index (χ2v) is 10.5. The maximum atomic E-state index is 2.55. The number of hydrogen-bond acceptors (Lipinski definition) is 0. The van der Waals surface area contributed by atoms with Crippen LogP contribution < -0.4 is 0 Å². The van der Waals surface area contributed by atoms with Gasteiger partial charge < -0.3 is 0 Å². The Hall–Kier alpha value is -0.823. The molecule has 0 N–H and O–H groups in total. The molecule has 0 fully saturated rings. The summed E-state index contributed by atoms with van der Waals surface area (Å²) in [6, 6.07) is 10.8. The highest BCUT2D eigenvalue weighted by molar-refractivity contribution is 6.81. The van der Waals surface area contributed by atoms with Crippen molar-refractivity contribution >= 4 is 13.6 Å². The first-order valence-electron chi connectivity index (χ1n) is 6.30. The zero-order chi connectivity index (χ0) is 12.0. The van der Waals surface area contributed by atoms with Crippen molar-refractivity contribution in [2.75, 3.05) is 0 Å². The summed E-state index contributed by atoms with van der Waals surface area (Å²) in [6.45, 7) is 9.47. The van der Waals surface area contributed by atoms with Gasteiger partial charge in [0.1, 0.15) is 0 Å². The molecule has 88 valence electrons. The second kappa shape index (κ2) is 6.05. The van der Waals surface area contributed by atoms with Gasteiger partial charge in [-0.1, -0.05) is 69.0 Å². The van der Waals surface area contributed by atoms with Gasteiger partial charge in [-0.2, -0.15) is 0 Å². The summed E-state index contributed by atoms with van der Waals surface area (Å²) < 4.78 is 0. The normalized spacial score (nSPS) is 12.9. The molecule has 0 radical (unpaired) electrons. The minimum absolute atomic E-state index is 1.12. The molecule has 1 aromatic rings. The minimum Gasteiger partial charge on any atom is -0.0913 e. The molecule has 0 unspecified atom stereocenters. The second-order valence-electron chi connectivity index (χ2n) is 5.51. The Morgan fingerprint density at radius 3 is 2.25 bits per heavy atom. The Bertz CT molecular complexity index is 330. The summed E-state index contributed by atoms with van der Waals surface area (Å²) >= 11 is 0. The topological polar surface area (TPSA) is 0 Å². The maximum Gasteiger partial charge on any atom is 0.0690 e. The van der Waals surface area contributed by atoms with Gasteiger partial charge in [-0.15, -0.1) is 0 Å². The quantitative estimate of drug-likeness (QED) is 0.617. The molecule has 0 aliphatic carbocycles. The van der Waals surface area contributed by atoms with E-state index >= 15 is 0 Å². The van der Waals surface area contributed by atoms with E-state index in [1.54, 1.807) is 5.57 Å². The molecule has 0 aliphatic heterocycles. The molecule has 0 bridgehead atoms. The van der Waals surface area contributed by atoms with E-state index in [1.165, 1.54) is 24.8 Å². The molecule has 0 saturated heterocycles. The highest BCUT2D eigenvalue weighted by atomic mass is 28.3. The van der Waals surface area contributed by atoms with Crippen molar-refractivity contribution in [2.24, 2.45) is 0 Å². The van der Waals surface area contributed by atoms with E-state index in [0.717, 1.165) is 0 Å². The molecule has 0 heterocycles. The van der Waals surface area contributed by atoms with Crippen molar-refractivity contribution in [3.8, 4) is 0 Å². The van der Waals surface area contributed by atoms with E-state index in [1.807, 2.05) is 0 Å². The van der Waals surface area contributed by atoms with Crippen molar-refractivity contribution in [3.63, 3.8) is 0 Å². The molecular weight excluding hydrogens is 208 g/mol. The zero-order valence-electron chi connectivity index (χ0n) is 11.1. The number of benzene rings is 1. The van der Waals surface area contributed by atoms with Crippen molar-refractivity contribution in [3.05, 3.63) is 41.6 Å². The van der Waals surface area contributed by atoms with E-state index in [-0.39, 0.29) is 0 Å². The molecule has 0 saturated carbocycles. The van der Waals surface area contributed by atoms with Crippen molar-refractivity contribution in [1.29, 1.82) is 0 Å². The van der Waals surface area contributed by atoms with Crippen LogP contribution in [0.3, 0.4) is 0 Å². The lowest BCUT2D eigenvalue weighted by Crippen LogP contribution is -2.16. The summed E-state index contributed by atoms with van der Waals surface area (Å²) in [5.74, 6) is 0. The lowest BCUT2D eigenvalue weighted by atomic mass is 10.0. The first kappa shape index (κ1) is 13.2. The number of allylic oxidation sites excluding steroid dienone is 1. The summed E-state index contributed by atoms with van der Waals surface area (Å²) in [6.07, 6.45) is 3.80. The molecule has 1 rings (SSSR count). The molecular formula is C15H24Si. The Labute approximate surface area is 101 Å². The molecule has 1 aromatic carbocycles. The number of hydrogen-bond donors (Lipinski definition) is 0. The Balaban J connectivity index is 2.92. The Morgan fingerprint density at radius 1 is 1.12 bits per heavy atom. The van der Waals surface area contributed by atoms with Gasteiger partial charge >= 0.3 is 0 Å². The van der Waals surface area contributed by atoms with Gasteiger partial charge in [-0.3, -0.25) is 0 Å². The molecule has 0 amide bonds. The first-order chi connectivity index (χ1) is 7.53. The summed E-state index contributed by atoms with van der Waals surface area (Å²) in [4.78, 5) is 0. The van der Waals surface area contributed by atoms with E-state index in [9.17, 15) is 0 Å². The van der Waals surface area contributed by atoms with Crippen LogP contribution in [-0.2, 0) is 0 Å². The first-order valence-corrected chi connectivity index (χ1v) is 9.88. The monoisotopic (exact) mass is 232 g/mol. The van der Waals surface area contributed by atoms with Crippen molar-refractivity contribution in [1.82, 2.24) is 0 Å². The molecule has 0 aliphatic rings. The minimum atomic E-state index is -1.12. The molecule has 0 aromatic heterocycles. The van der Waals surface area contributed by atoms with Gasteiger partial charge in [0, 0.05) is 0 Å². The Morgan fingerprint density at radius 2 is 1.75 bits per heavy atom. The van der Waals surface area contributed by atoms with Crippen LogP contribution in [-0.4, -0.2) is 8.07 Å². The lowest BCUT2D eigenvalue weighted by Gasteiger charge is -2.15. The van der Waals surface area contributed by atoms with Gasteiger partial charge in [0.05, 0.1) is 8.07 Å².